The van der Waals surface area contributed by atoms with Crippen molar-refractivity contribution in [2.45, 2.75) is 76.9 Å². The summed E-state index contributed by atoms with van der Waals surface area (Å²) < 4.78 is 26.3. The van der Waals surface area contributed by atoms with Gasteiger partial charge < -0.3 is 48.2 Å². The molecule has 2 aromatic heterocycles. The molecule has 2 aromatic rings. The van der Waals surface area contributed by atoms with E-state index in [9.17, 15) is 9.59 Å². The van der Waals surface area contributed by atoms with Gasteiger partial charge in [-0.2, -0.15) is 11.8 Å². The first-order valence-corrected chi connectivity index (χ1v) is 15.4. The van der Waals surface area contributed by atoms with Crippen LogP contribution in [0.25, 0.3) is 11.2 Å². The van der Waals surface area contributed by atoms with Crippen LogP contribution in [-0.4, -0.2) is 117 Å². The molecular formula is C28H40N7O6RfS-. The molecule has 3 fully saturated rings. The van der Waals surface area contributed by atoms with Gasteiger partial charge in [-0.05, 0) is 39.4 Å². The van der Waals surface area contributed by atoms with Crippen LogP contribution < -0.4 is 4.90 Å². The molecule has 5 atom stereocenters. The number of nitrogens with zero attached hydrogens (tertiary/aromatic N) is 7. The Labute approximate surface area is 250 Å². The number of aryl methyl sites for hydroxylation is 1. The number of anilines is 1. The van der Waals surface area contributed by atoms with Crippen LogP contribution in [0.2, 0.25) is 0 Å². The van der Waals surface area contributed by atoms with Crippen molar-refractivity contribution >= 4 is 40.6 Å². The zero-order chi connectivity index (χ0) is 30.3. The Hall–Kier alpha value is -3.94. The molecule has 0 spiro atoms. The van der Waals surface area contributed by atoms with Gasteiger partial charge in [0.05, 0.1) is 23.1 Å². The number of hydrogen-bond acceptors (Lipinski definition) is 12. The van der Waals surface area contributed by atoms with Gasteiger partial charge in [0.25, 0.3) is 5.91 Å². The minimum Gasteiger partial charge on any atom is -0.463 e. The van der Waals surface area contributed by atoms with E-state index in [0.29, 0.717) is 54.6 Å². The van der Waals surface area contributed by atoms with Gasteiger partial charge in [0.2, 0.25) is 0 Å². The van der Waals surface area contributed by atoms with E-state index in [2.05, 4.69) is 29.8 Å². The SMILES string of the molecule is C=C(N(C)C)N(C)c1n[c-]nc2c1nc(C)n2C1OC(C(=O)N2CCCC2C(=O)OCCSCC)C2OC(C)(C)OC21.[Rf]. The van der Waals surface area contributed by atoms with E-state index in [1.165, 1.54) is 0 Å². The predicted octanol–water partition coefficient (Wildman–Crippen LogP) is 2.11. The summed E-state index contributed by atoms with van der Waals surface area (Å²) in [6, 6.07) is -0.651. The zero-order valence-electron chi connectivity index (χ0n) is 26.0. The minimum atomic E-state index is -0.996. The van der Waals surface area contributed by atoms with Crippen molar-refractivity contribution in [2.75, 3.05) is 50.7 Å². The molecule has 15 heteroatoms. The van der Waals surface area contributed by atoms with Gasteiger partial charge in [-0.25, -0.2) is 4.79 Å². The number of carbonyl (C=O) groups is 2. The van der Waals surface area contributed by atoms with Crippen molar-refractivity contribution in [3.8, 4) is 0 Å². The summed E-state index contributed by atoms with van der Waals surface area (Å²) in [5, 5.41) is 0. The third kappa shape index (κ3) is 5.84. The second kappa shape index (κ2) is 12.3. The predicted molar refractivity (Wildman–Crippen MR) is 157 cm³/mol. The summed E-state index contributed by atoms with van der Waals surface area (Å²) >= 11 is 1.70. The summed E-state index contributed by atoms with van der Waals surface area (Å²) in [5.41, 5.74) is 1.02. The maximum absolute atomic E-state index is 14.0. The topological polar surface area (TPSA) is 124 Å². The van der Waals surface area contributed by atoms with Crippen LogP contribution in [0.4, 0.5) is 5.82 Å². The number of carbonyl (C=O) groups excluding carboxylic acids is 2. The van der Waals surface area contributed by atoms with E-state index >= 15 is 0 Å². The summed E-state index contributed by atoms with van der Waals surface area (Å²) in [5.74, 6) is 1.86. The van der Waals surface area contributed by atoms with Gasteiger partial charge in [0.1, 0.15) is 24.9 Å². The van der Waals surface area contributed by atoms with Crippen LogP contribution in [0.5, 0.6) is 0 Å². The average Bonchev–Trinajstić information content (AvgIpc) is 3.70. The third-order valence-electron chi connectivity index (χ3n) is 7.82. The molecule has 3 aliphatic heterocycles. The number of amides is 1. The van der Waals surface area contributed by atoms with E-state index in [0.717, 1.165) is 11.5 Å². The molecule has 3 saturated heterocycles. The molecular weight excluding hydrogens is 829 g/mol. The van der Waals surface area contributed by atoms with Crippen molar-refractivity contribution in [1.82, 2.24) is 29.3 Å². The Kier molecular flexibility index (Phi) is 9.19. The normalized spacial score (nSPS) is 25.8. The first-order valence-electron chi connectivity index (χ1n) is 14.2. The Morgan fingerprint density at radius 2 is 1.93 bits per heavy atom. The van der Waals surface area contributed by atoms with E-state index in [1.807, 2.05) is 51.7 Å². The fraction of sp³-hybridized carbons (Fsp3) is 0.679. The molecule has 0 aromatic carbocycles. The molecule has 232 valence electrons. The number of fused-ring (bicyclic) bond motifs is 2. The van der Waals surface area contributed by atoms with Gasteiger partial charge in [0.15, 0.2) is 18.1 Å². The summed E-state index contributed by atoms with van der Waals surface area (Å²) in [6.45, 7) is 12.4. The average molecular weight is 870 g/mol. The number of hydrogen-bond donors (Lipinski definition) is 0. The van der Waals surface area contributed by atoms with Crippen molar-refractivity contribution < 1.29 is 28.5 Å². The number of rotatable bonds is 10. The van der Waals surface area contributed by atoms with Gasteiger partial charge in [-0.15, -0.1) is 0 Å². The molecule has 0 N–H and O–H groups in total. The molecule has 5 heterocycles. The van der Waals surface area contributed by atoms with Gasteiger partial charge in [-0.3, -0.25) is 9.78 Å². The number of imidazole rings is 1. The molecule has 0 aliphatic carbocycles. The van der Waals surface area contributed by atoms with E-state index in [1.54, 1.807) is 21.2 Å². The second-order valence-corrected chi connectivity index (χ2v) is 12.7. The van der Waals surface area contributed by atoms with Crippen LogP contribution in [0, 0.1) is 13.3 Å². The molecule has 43 heavy (non-hydrogen) atoms. The first kappa shape index (κ1) is 32.0. The molecule has 13 nitrogen and oxygen atoms in total. The van der Waals surface area contributed by atoms with Crippen molar-refractivity contribution in [2.24, 2.45) is 0 Å². The fourth-order valence-electron chi connectivity index (χ4n) is 5.79. The molecule has 5 rings (SSSR count). The Morgan fingerprint density at radius 1 is 1.21 bits per heavy atom. The Morgan fingerprint density at radius 3 is 2.63 bits per heavy atom. The summed E-state index contributed by atoms with van der Waals surface area (Å²) in [6.07, 6.45) is 0.892. The smallest absolute Gasteiger partial charge is 0.328 e. The fourth-order valence-corrected chi connectivity index (χ4v) is 6.28. The number of esters is 1. The molecule has 0 saturated carbocycles. The zero-order valence-corrected chi connectivity index (χ0v) is 33.2. The molecule has 3 aliphatic rings. The molecule has 1 amide bonds. The standard InChI is InChI=1S/C28H40N7O6S.Rf/c1-9-42-14-13-38-27(37)18-11-10-12-34(18)25(36)21-20-22(41-28(4,5)40-20)26(39-21)35-16(2)31-19-23(29-15-30-24(19)35)33(8)17(3)32(6)7;/h18,20-22,26H,3,9-14H2,1-2,4-8H3;/q-1;. The Bertz CT molecular complexity index is 1360. The maximum atomic E-state index is 14.0. The van der Waals surface area contributed by atoms with Crippen LogP contribution in [0.15, 0.2) is 12.4 Å². The molecule has 5 unspecified atom stereocenters. The molecule has 0 radical (unpaired) electrons. The number of aromatic nitrogens is 4. The van der Waals surface area contributed by atoms with Crippen molar-refractivity contribution in [3.63, 3.8) is 0 Å². The van der Waals surface area contributed by atoms with E-state index in [-0.39, 0.29) is 11.9 Å². The van der Waals surface area contributed by atoms with E-state index in [4.69, 9.17) is 23.9 Å². The number of likely N-dealkylation sites (tertiary alicyclic amines) is 1. The maximum Gasteiger partial charge on any atom is 0.328 e. The third-order valence-corrected chi connectivity index (χ3v) is 8.68. The van der Waals surface area contributed by atoms with Crippen LogP contribution in [0.1, 0.15) is 45.7 Å². The van der Waals surface area contributed by atoms with Crippen molar-refractivity contribution in [1.29, 1.82) is 0 Å². The van der Waals surface area contributed by atoms with E-state index < -0.39 is 36.4 Å². The van der Waals surface area contributed by atoms with Gasteiger partial charge in [-0.1, -0.05) is 13.5 Å². The van der Waals surface area contributed by atoms with Crippen LogP contribution in [0.3, 0.4) is 0 Å². The quantitative estimate of drug-likeness (QED) is 0.198. The number of thioether (sulfide) groups is 1. The summed E-state index contributed by atoms with van der Waals surface area (Å²) in [7, 11) is 5.63. The van der Waals surface area contributed by atoms with Crippen molar-refractivity contribution in [3.05, 3.63) is 24.6 Å². The van der Waals surface area contributed by atoms with Gasteiger partial charge in [0, 0.05) is 45.3 Å². The second-order valence-electron chi connectivity index (χ2n) is 11.3. The van der Waals surface area contributed by atoms with Gasteiger partial charge >= 0.3 is 5.97 Å². The molecule has 0 bridgehead atoms. The Balaban J connectivity index is 0.00000423. The first-order chi connectivity index (χ1) is 19.9. The monoisotopic (exact) mass is 869 g/mol. The van der Waals surface area contributed by atoms with Crippen LogP contribution in [-0.2, 0) is 28.5 Å². The number of ether oxygens (including phenoxy) is 4. The van der Waals surface area contributed by atoms with Crippen LogP contribution >= 0.6 is 11.8 Å². The minimum absolute atomic E-state index is 0. The largest absolute Gasteiger partial charge is 0.463 e. The summed E-state index contributed by atoms with van der Waals surface area (Å²) in [4.78, 5) is 45.8.